The van der Waals surface area contributed by atoms with E-state index in [1.54, 1.807) is 13.1 Å². The molecule has 1 unspecified atom stereocenters. The number of amides is 1. The number of nitrogens with one attached hydrogen (secondary N) is 1. The number of hydrogen-bond acceptors (Lipinski definition) is 3. The van der Waals surface area contributed by atoms with Gasteiger partial charge in [0.15, 0.2) is 0 Å². The number of hydrogen-bond donors (Lipinski definition) is 2. The molecule has 0 aliphatic rings. The SMILES string of the molecule is CC(O)CC(C)(C)CNC(=O)c1cc2ccccc2c2cccnc12. The average molecular weight is 336 g/mol. The lowest BCUT2D eigenvalue weighted by atomic mass is 9.87. The number of benzene rings is 2. The van der Waals surface area contributed by atoms with Crippen LogP contribution in [0.3, 0.4) is 0 Å². The number of aromatic nitrogens is 1. The van der Waals surface area contributed by atoms with E-state index >= 15 is 0 Å². The maximum atomic E-state index is 12.8. The Bertz CT molecular complexity index is 916. The van der Waals surface area contributed by atoms with Gasteiger partial charge in [-0.15, -0.1) is 0 Å². The topological polar surface area (TPSA) is 62.2 Å². The van der Waals surface area contributed by atoms with Crippen LogP contribution in [-0.4, -0.2) is 28.6 Å². The largest absolute Gasteiger partial charge is 0.393 e. The van der Waals surface area contributed by atoms with E-state index in [1.807, 2.05) is 56.3 Å². The van der Waals surface area contributed by atoms with E-state index in [4.69, 9.17) is 0 Å². The van der Waals surface area contributed by atoms with E-state index in [9.17, 15) is 9.90 Å². The van der Waals surface area contributed by atoms with Crippen LogP contribution in [0.2, 0.25) is 0 Å². The molecule has 4 nitrogen and oxygen atoms in total. The van der Waals surface area contributed by atoms with E-state index < -0.39 is 6.10 Å². The van der Waals surface area contributed by atoms with Crippen LogP contribution in [0, 0.1) is 5.41 Å². The molecule has 1 atom stereocenters. The van der Waals surface area contributed by atoms with Gasteiger partial charge in [-0.05, 0) is 41.7 Å². The second-order valence-corrected chi connectivity index (χ2v) is 7.44. The van der Waals surface area contributed by atoms with Crippen LogP contribution in [0.25, 0.3) is 21.7 Å². The molecular weight excluding hydrogens is 312 g/mol. The van der Waals surface area contributed by atoms with Crippen molar-refractivity contribution in [3.63, 3.8) is 0 Å². The summed E-state index contributed by atoms with van der Waals surface area (Å²) in [6.45, 7) is 6.34. The molecule has 0 bridgehead atoms. The van der Waals surface area contributed by atoms with Crippen LogP contribution in [-0.2, 0) is 0 Å². The molecule has 4 heteroatoms. The monoisotopic (exact) mass is 336 g/mol. The van der Waals surface area contributed by atoms with Crippen molar-refractivity contribution >= 4 is 27.6 Å². The van der Waals surface area contributed by atoms with Crippen molar-refractivity contribution in [2.45, 2.75) is 33.3 Å². The molecule has 0 aliphatic heterocycles. The Hall–Kier alpha value is -2.46. The van der Waals surface area contributed by atoms with Crippen molar-refractivity contribution in [1.29, 1.82) is 0 Å². The Balaban J connectivity index is 1.95. The molecule has 3 rings (SSSR count). The molecule has 0 radical (unpaired) electrons. The summed E-state index contributed by atoms with van der Waals surface area (Å²) in [4.78, 5) is 17.3. The molecule has 0 saturated heterocycles. The van der Waals surface area contributed by atoms with Crippen LogP contribution < -0.4 is 5.32 Å². The second-order valence-electron chi connectivity index (χ2n) is 7.44. The Morgan fingerprint density at radius 1 is 1.20 bits per heavy atom. The van der Waals surface area contributed by atoms with Gasteiger partial charge in [-0.1, -0.05) is 44.2 Å². The summed E-state index contributed by atoms with van der Waals surface area (Å²) in [5, 5.41) is 15.7. The Labute approximate surface area is 147 Å². The average Bonchev–Trinajstić information content (AvgIpc) is 2.58. The fraction of sp³-hybridized carbons (Fsp3) is 0.333. The summed E-state index contributed by atoms with van der Waals surface area (Å²) in [5.41, 5.74) is 1.12. The first-order chi connectivity index (χ1) is 11.9. The van der Waals surface area contributed by atoms with Crippen molar-refractivity contribution in [2.75, 3.05) is 6.54 Å². The van der Waals surface area contributed by atoms with Crippen molar-refractivity contribution in [2.24, 2.45) is 5.41 Å². The third-order valence-corrected chi connectivity index (χ3v) is 4.43. The number of fused-ring (bicyclic) bond motifs is 3. The summed E-state index contributed by atoms with van der Waals surface area (Å²) in [5.74, 6) is -0.131. The van der Waals surface area contributed by atoms with Crippen LogP contribution in [0.15, 0.2) is 48.7 Å². The maximum absolute atomic E-state index is 12.8. The minimum atomic E-state index is -0.393. The number of nitrogens with zero attached hydrogens (tertiary/aromatic N) is 1. The van der Waals surface area contributed by atoms with E-state index in [0.717, 1.165) is 16.2 Å². The van der Waals surface area contributed by atoms with E-state index in [2.05, 4.69) is 10.3 Å². The molecular formula is C21H24N2O2. The number of carbonyl (C=O) groups is 1. The lowest BCUT2D eigenvalue weighted by Gasteiger charge is -2.26. The van der Waals surface area contributed by atoms with Gasteiger partial charge in [-0.25, -0.2) is 0 Å². The van der Waals surface area contributed by atoms with E-state index in [1.165, 1.54) is 0 Å². The number of pyridine rings is 1. The fourth-order valence-corrected chi connectivity index (χ4v) is 3.39. The zero-order chi connectivity index (χ0) is 18.0. The summed E-state index contributed by atoms with van der Waals surface area (Å²) in [6, 6.07) is 13.8. The zero-order valence-corrected chi connectivity index (χ0v) is 14.9. The quantitative estimate of drug-likeness (QED) is 0.694. The summed E-state index contributed by atoms with van der Waals surface area (Å²) < 4.78 is 0. The lowest BCUT2D eigenvalue weighted by molar-refractivity contribution is 0.0903. The predicted molar refractivity (Wildman–Crippen MR) is 102 cm³/mol. The molecule has 1 amide bonds. The van der Waals surface area contributed by atoms with Crippen LogP contribution >= 0.6 is 0 Å². The van der Waals surface area contributed by atoms with Crippen LogP contribution in [0.1, 0.15) is 37.6 Å². The van der Waals surface area contributed by atoms with Gasteiger partial charge in [0.2, 0.25) is 0 Å². The summed E-state index contributed by atoms with van der Waals surface area (Å²) in [7, 11) is 0. The molecule has 2 N–H and O–H groups in total. The molecule has 0 saturated carbocycles. The minimum absolute atomic E-state index is 0.131. The van der Waals surface area contributed by atoms with Gasteiger partial charge >= 0.3 is 0 Å². The maximum Gasteiger partial charge on any atom is 0.253 e. The standard InChI is InChI=1S/C21H24N2O2/c1-14(24)12-21(2,3)13-23-20(25)18-11-15-7-4-5-8-16(15)17-9-6-10-22-19(17)18/h4-11,14,24H,12-13H2,1-3H3,(H,23,25). The van der Waals surface area contributed by atoms with Crippen molar-refractivity contribution in [3.8, 4) is 0 Å². The third kappa shape index (κ3) is 3.80. The van der Waals surface area contributed by atoms with Gasteiger partial charge in [-0.2, -0.15) is 0 Å². The van der Waals surface area contributed by atoms with E-state index in [-0.39, 0.29) is 11.3 Å². The Morgan fingerprint density at radius 3 is 2.68 bits per heavy atom. The number of rotatable bonds is 5. The van der Waals surface area contributed by atoms with E-state index in [0.29, 0.717) is 24.0 Å². The van der Waals surface area contributed by atoms with Gasteiger partial charge in [0.25, 0.3) is 5.91 Å². The smallest absolute Gasteiger partial charge is 0.253 e. The lowest BCUT2D eigenvalue weighted by Crippen LogP contribution is -2.35. The van der Waals surface area contributed by atoms with Crippen LogP contribution in [0.5, 0.6) is 0 Å². The molecule has 130 valence electrons. The summed E-state index contributed by atoms with van der Waals surface area (Å²) in [6.07, 6.45) is 1.95. The highest BCUT2D eigenvalue weighted by atomic mass is 16.3. The zero-order valence-electron chi connectivity index (χ0n) is 14.9. The van der Waals surface area contributed by atoms with Gasteiger partial charge in [0.1, 0.15) is 0 Å². The molecule has 0 aliphatic carbocycles. The Morgan fingerprint density at radius 2 is 1.92 bits per heavy atom. The number of carbonyl (C=O) groups excluding carboxylic acids is 1. The second kappa shape index (κ2) is 6.81. The predicted octanol–water partition coefficient (Wildman–Crippen LogP) is 3.91. The number of aliphatic hydroxyl groups excluding tert-OH is 1. The highest BCUT2D eigenvalue weighted by Gasteiger charge is 2.22. The molecule has 1 aromatic heterocycles. The van der Waals surface area contributed by atoms with Gasteiger partial charge in [0, 0.05) is 18.1 Å². The summed E-state index contributed by atoms with van der Waals surface area (Å²) >= 11 is 0. The van der Waals surface area contributed by atoms with Crippen LogP contribution in [0.4, 0.5) is 0 Å². The third-order valence-electron chi connectivity index (χ3n) is 4.43. The fourth-order valence-electron chi connectivity index (χ4n) is 3.39. The highest BCUT2D eigenvalue weighted by molar-refractivity contribution is 6.15. The highest BCUT2D eigenvalue weighted by Crippen LogP contribution is 2.27. The van der Waals surface area contributed by atoms with Crippen molar-refractivity contribution in [1.82, 2.24) is 10.3 Å². The first-order valence-corrected chi connectivity index (χ1v) is 8.60. The molecule has 2 aromatic carbocycles. The molecule has 0 fully saturated rings. The minimum Gasteiger partial charge on any atom is -0.393 e. The normalized spacial score (nSPS) is 13.1. The number of aliphatic hydroxyl groups is 1. The molecule has 3 aromatic rings. The van der Waals surface area contributed by atoms with Gasteiger partial charge in [-0.3, -0.25) is 9.78 Å². The first kappa shape index (κ1) is 17.4. The van der Waals surface area contributed by atoms with Crippen molar-refractivity contribution in [3.05, 3.63) is 54.2 Å². The van der Waals surface area contributed by atoms with Gasteiger partial charge in [0.05, 0.1) is 17.2 Å². The van der Waals surface area contributed by atoms with Gasteiger partial charge < -0.3 is 10.4 Å². The Kier molecular flexibility index (Phi) is 4.73. The molecule has 0 spiro atoms. The van der Waals surface area contributed by atoms with Crippen molar-refractivity contribution < 1.29 is 9.90 Å². The molecule has 25 heavy (non-hydrogen) atoms. The molecule has 1 heterocycles. The first-order valence-electron chi connectivity index (χ1n) is 8.60.